The van der Waals surface area contributed by atoms with Crippen LogP contribution in [0.4, 0.5) is 0 Å². The molecule has 0 aliphatic rings. The van der Waals surface area contributed by atoms with Gasteiger partial charge in [-0.25, -0.2) is 15.0 Å². The largest absolute Gasteiger partial charge is 0.326 e. The fourth-order valence-electron chi connectivity index (χ4n) is 3.03. The van der Waals surface area contributed by atoms with Crippen LogP contribution in [0.2, 0.25) is 0 Å². The zero-order chi connectivity index (χ0) is 21.1. The van der Waals surface area contributed by atoms with Crippen molar-refractivity contribution in [2.75, 3.05) is 0 Å². The molecule has 1 aromatic heterocycles. The molecule has 0 bridgehead atoms. The Kier molecular flexibility index (Phi) is 6.34. The molecule has 0 aliphatic carbocycles. The van der Waals surface area contributed by atoms with E-state index in [1.54, 1.807) is 0 Å². The van der Waals surface area contributed by atoms with Crippen LogP contribution in [0, 0.1) is 0 Å². The average Bonchev–Trinajstić information content (AvgIpc) is 2.78. The van der Waals surface area contributed by atoms with E-state index in [4.69, 9.17) is 26.4 Å². The topological polar surface area (TPSA) is 90.7 Å². The van der Waals surface area contributed by atoms with E-state index in [9.17, 15) is 0 Å². The van der Waals surface area contributed by atoms with Crippen molar-refractivity contribution < 1.29 is 0 Å². The molecular weight excluding hydrogens is 506 g/mol. The van der Waals surface area contributed by atoms with Gasteiger partial charge in [0.2, 0.25) is 0 Å². The van der Waals surface area contributed by atoms with Crippen LogP contribution in [-0.4, -0.2) is 15.0 Å². The molecule has 4 aromatic rings. The molecule has 1 heterocycles. The second kappa shape index (κ2) is 9.14. The minimum absolute atomic E-state index is 0.494. The molecule has 0 spiro atoms. The summed E-state index contributed by atoms with van der Waals surface area (Å²) in [6.07, 6.45) is 0. The van der Waals surface area contributed by atoms with Crippen LogP contribution in [0.3, 0.4) is 0 Å². The third-order valence-corrected chi connectivity index (χ3v) is 5.57. The molecule has 5 nitrogen and oxygen atoms in total. The molecule has 3 aromatic carbocycles. The van der Waals surface area contributed by atoms with E-state index in [0.29, 0.717) is 30.6 Å². The lowest BCUT2D eigenvalue weighted by Crippen LogP contribution is -2.01. The maximum absolute atomic E-state index is 5.73. The molecule has 4 rings (SSSR count). The molecule has 0 saturated carbocycles. The summed E-state index contributed by atoms with van der Waals surface area (Å²) in [7, 11) is 0. The Morgan fingerprint density at radius 2 is 0.900 bits per heavy atom. The van der Waals surface area contributed by atoms with Crippen molar-refractivity contribution in [3.05, 3.63) is 86.8 Å². The Morgan fingerprint density at radius 1 is 0.533 bits per heavy atom. The van der Waals surface area contributed by atoms with E-state index in [1.165, 1.54) is 0 Å². The van der Waals surface area contributed by atoms with Crippen molar-refractivity contribution in [2.45, 2.75) is 13.1 Å². The van der Waals surface area contributed by atoms with E-state index in [1.807, 2.05) is 66.7 Å². The van der Waals surface area contributed by atoms with Gasteiger partial charge in [0.25, 0.3) is 0 Å². The molecule has 0 atom stereocenters. The van der Waals surface area contributed by atoms with Crippen molar-refractivity contribution in [3.8, 4) is 34.2 Å². The molecule has 0 radical (unpaired) electrons. The number of nitrogens with two attached hydrogens (primary N) is 2. The second-order valence-electron chi connectivity index (χ2n) is 6.77. The quantitative estimate of drug-likeness (QED) is 0.369. The zero-order valence-electron chi connectivity index (χ0n) is 16.0. The number of aromatic nitrogens is 3. The van der Waals surface area contributed by atoms with Crippen LogP contribution in [0.15, 0.2) is 75.7 Å². The van der Waals surface area contributed by atoms with Crippen LogP contribution >= 0.6 is 31.9 Å². The zero-order valence-corrected chi connectivity index (χ0v) is 19.2. The predicted molar refractivity (Wildman–Crippen MR) is 127 cm³/mol. The van der Waals surface area contributed by atoms with Crippen molar-refractivity contribution in [1.82, 2.24) is 15.0 Å². The first-order valence-electron chi connectivity index (χ1n) is 9.37. The van der Waals surface area contributed by atoms with Crippen molar-refractivity contribution in [2.24, 2.45) is 11.5 Å². The minimum Gasteiger partial charge on any atom is -0.326 e. The molecule has 30 heavy (non-hydrogen) atoms. The van der Waals surface area contributed by atoms with E-state index < -0.39 is 0 Å². The fraction of sp³-hybridized carbons (Fsp3) is 0.0870. The summed E-state index contributed by atoms with van der Waals surface area (Å²) in [6.45, 7) is 0.987. The van der Waals surface area contributed by atoms with Crippen LogP contribution in [0.1, 0.15) is 11.1 Å². The first kappa shape index (κ1) is 20.8. The lowest BCUT2D eigenvalue weighted by molar-refractivity contribution is 1.05. The standard InChI is InChI=1S/C23H19Br2N5/c24-19-9-18(10-20(25)11-19)23-29-21(16-5-1-14(12-26)2-6-16)28-22(30-23)17-7-3-15(13-27)4-8-17/h1-11H,12-13,26-27H2. The Morgan fingerprint density at radius 3 is 1.27 bits per heavy atom. The Labute approximate surface area is 191 Å². The molecule has 0 saturated heterocycles. The van der Waals surface area contributed by atoms with Gasteiger partial charge >= 0.3 is 0 Å². The molecule has 0 fully saturated rings. The van der Waals surface area contributed by atoms with Gasteiger partial charge in [-0.15, -0.1) is 0 Å². The van der Waals surface area contributed by atoms with E-state index in [2.05, 4.69) is 31.9 Å². The summed E-state index contributed by atoms with van der Waals surface area (Å²) in [6, 6.07) is 21.9. The number of hydrogen-bond acceptors (Lipinski definition) is 5. The first-order chi connectivity index (χ1) is 14.6. The number of nitrogens with zero attached hydrogens (tertiary/aromatic N) is 3. The molecule has 150 valence electrons. The summed E-state index contributed by atoms with van der Waals surface area (Å²) in [5.74, 6) is 1.82. The molecular formula is C23H19Br2N5. The molecule has 0 unspecified atom stereocenters. The lowest BCUT2D eigenvalue weighted by Gasteiger charge is -2.10. The maximum Gasteiger partial charge on any atom is 0.164 e. The van der Waals surface area contributed by atoms with Gasteiger partial charge in [-0.3, -0.25) is 0 Å². The normalized spacial score (nSPS) is 10.9. The monoisotopic (exact) mass is 523 g/mol. The van der Waals surface area contributed by atoms with Crippen molar-refractivity contribution in [1.29, 1.82) is 0 Å². The van der Waals surface area contributed by atoms with Gasteiger partial charge in [0.15, 0.2) is 17.5 Å². The molecule has 0 aliphatic heterocycles. The third-order valence-electron chi connectivity index (χ3n) is 4.65. The molecule has 7 heteroatoms. The number of rotatable bonds is 5. The smallest absolute Gasteiger partial charge is 0.164 e. The summed E-state index contributed by atoms with van der Waals surface area (Å²) in [4.78, 5) is 14.3. The third kappa shape index (κ3) is 4.65. The summed E-state index contributed by atoms with van der Waals surface area (Å²) >= 11 is 7.09. The van der Waals surface area contributed by atoms with Gasteiger partial charge in [-0.2, -0.15) is 0 Å². The highest BCUT2D eigenvalue weighted by Gasteiger charge is 2.13. The van der Waals surface area contributed by atoms with Crippen LogP contribution in [0.25, 0.3) is 34.2 Å². The van der Waals surface area contributed by atoms with Gasteiger partial charge in [0.05, 0.1) is 0 Å². The Hall–Kier alpha value is -2.45. The Balaban J connectivity index is 1.88. The average molecular weight is 525 g/mol. The molecule has 0 amide bonds. The molecule has 4 N–H and O–H groups in total. The van der Waals surface area contributed by atoms with Crippen molar-refractivity contribution >= 4 is 31.9 Å². The number of halogens is 2. The first-order valence-corrected chi connectivity index (χ1v) is 11.0. The van der Waals surface area contributed by atoms with Gasteiger partial charge in [0.1, 0.15) is 0 Å². The number of hydrogen-bond donors (Lipinski definition) is 2. The predicted octanol–water partition coefficient (Wildman–Crippen LogP) is 5.32. The number of benzene rings is 3. The van der Waals surface area contributed by atoms with Gasteiger partial charge in [-0.1, -0.05) is 80.4 Å². The van der Waals surface area contributed by atoms with Crippen molar-refractivity contribution in [3.63, 3.8) is 0 Å². The van der Waals surface area contributed by atoms with Crippen LogP contribution in [0.5, 0.6) is 0 Å². The van der Waals surface area contributed by atoms with Gasteiger partial charge in [0, 0.05) is 38.7 Å². The van der Waals surface area contributed by atoms with Crippen LogP contribution < -0.4 is 11.5 Å². The lowest BCUT2D eigenvalue weighted by atomic mass is 10.1. The van der Waals surface area contributed by atoms with Gasteiger partial charge < -0.3 is 11.5 Å². The summed E-state index contributed by atoms with van der Waals surface area (Å²) in [5, 5.41) is 0. The second-order valence-corrected chi connectivity index (χ2v) is 8.60. The van der Waals surface area contributed by atoms with E-state index in [0.717, 1.165) is 36.8 Å². The summed E-state index contributed by atoms with van der Waals surface area (Å²) < 4.78 is 1.88. The minimum atomic E-state index is 0.494. The fourth-order valence-corrected chi connectivity index (χ4v) is 4.32. The highest BCUT2D eigenvalue weighted by Crippen LogP contribution is 2.29. The maximum atomic E-state index is 5.73. The summed E-state index contributed by atoms with van der Waals surface area (Å²) in [5.41, 5.74) is 16.3. The van der Waals surface area contributed by atoms with E-state index in [-0.39, 0.29) is 0 Å². The highest BCUT2D eigenvalue weighted by molar-refractivity contribution is 9.11. The Bertz CT molecular complexity index is 1090. The highest BCUT2D eigenvalue weighted by atomic mass is 79.9. The van der Waals surface area contributed by atoms with Crippen LogP contribution in [-0.2, 0) is 13.1 Å². The van der Waals surface area contributed by atoms with Gasteiger partial charge in [-0.05, 0) is 29.3 Å². The SMILES string of the molecule is NCc1ccc(-c2nc(-c3ccc(CN)cc3)nc(-c3cc(Br)cc(Br)c3)n2)cc1. The van der Waals surface area contributed by atoms with E-state index >= 15 is 0 Å².